The van der Waals surface area contributed by atoms with Gasteiger partial charge in [-0.1, -0.05) is 108 Å². The van der Waals surface area contributed by atoms with Crippen molar-refractivity contribution in [2.24, 2.45) is 17.0 Å². The van der Waals surface area contributed by atoms with Crippen LogP contribution in [0.5, 0.6) is 0 Å². The van der Waals surface area contributed by atoms with Crippen molar-refractivity contribution in [1.82, 2.24) is 45.5 Å². The molecule has 0 aliphatic carbocycles. The predicted molar refractivity (Wildman–Crippen MR) is 342 cm³/mol. The summed E-state index contributed by atoms with van der Waals surface area (Å²) in [6.07, 6.45) is 5.29. The predicted octanol–water partition coefficient (Wildman–Crippen LogP) is 6.50. The molecule has 2 aromatic heterocycles. The largest absolute Gasteiger partial charge is 0.457 e. The molecule has 1 fully saturated rings. The molecule has 0 saturated carbocycles. The fourth-order valence-electron chi connectivity index (χ4n) is 11.6. The first-order valence-corrected chi connectivity index (χ1v) is 32.1. The van der Waals surface area contributed by atoms with Gasteiger partial charge in [-0.05, 0) is 76.5 Å². The molecule has 4 N–H and O–H groups in total. The Hall–Kier alpha value is -8.15. The second-order valence-electron chi connectivity index (χ2n) is 24.7. The Labute approximate surface area is 530 Å². The van der Waals surface area contributed by atoms with E-state index in [2.05, 4.69) is 61.0 Å². The number of unbranched alkanes of at least 4 members (excludes halogenated alkanes) is 2. The van der Waals surface area contributed by atoms with Crippen molar-refractivity contribution in [2.75, 3.05) is 53.4 Å². The summed E-state index contributed by atoms with van der Waals surface area (Å²) in [6.45, 7) is 16.6. The maximum atomic E-state index is 14.4. The van der Waals surface area contributed by atoms with Crippen molar-refractivity contribution < 1.29 is 57.5 Å². The number of imide groups is 1. The molecule has 0 bridgehead atoms. The Morgan fingerprint density at radius 2 is 1.54 bits per heavy atom. The lowest BCUT2D eigenvalue weighted by atomic mass is 9.78. The number of benzene rings is 2. The quantitative estimate of drug-likeness (QED) is 0.0125. The normalized spacial score (nSPS) is 17.4. The van der Waals surface area contributed by atoms with Crippen molar-refractivity contribution in [3.8, 4) is 11.4 Å². The lowest BCUT2D eigenvalue weighted by molar-refractivity contribution is -0.173. The number of hydrogen-bond donors (Lipinski definition) is 4. The summed E-state index contributed by atoms with van der Waals surface area (Å²) in [6, 6.07) is 16.8. The highest BCUT2D eigenvalue weighted by molar-refractivity contribution is 8.01. The second kappa shape index (κ2) is 30.6. The number of cyclic esters (lactones) is 1. The van der Waals surface area contributed by atoms with Gasteiger partial charge in [0, 0.05) is 85.1 Å². The molecule has 8 amide bonds. The number of oxime groups is 1. The molecule has 3 aliphatic heterocycles. The Morgan fingerprint density at radius 3 is 2.23 bits per heavy atom. The van der Waals surface area contributed by atoms with E-state index in [4.69, 9.17) is 19.3 Å². The molecule has 3 aliphatic rings. The van der Waals surface area contributed by atoms with Gasteiger partial charge >= 0.3 is 12.1 Å². The fourth-order valence-corrected chi connectivity index (χ4v) is 13.5. The van der Waals surface area contributed by atoms with Crippen LogP contribution in [-0.2, 0) is 77.8 Å². The summed E-state index contributed by atoms with van der Waals surface area (Å²) in [5.74, 6) is -4.23. The number of esters is 1. The van der Waals surface area contributed by atoms with E-state index in [0.717, 1.165) is 24.6 Å². The number of pyridine rings is 2. The van der Waals surface area contributed by atoms with Crippen molar-refractivity contribution in [3.63, 3.8) is 0 Å². The molecule has 1 saturated heterocycles. The zero-order valence-electron chi connectivity index (χ0n) is 53.8. The molecule has 4 aromatic rings. The lowest BCUT2D eigenvalue weighted by Gasteiger charge is -2.42. The molecule has 3 unspecified atom stereocenters. The van der Waals surface area contributed by atoms with Crippen LogP contribution in [0.15, 0.2) is 70.6 Å². The van der Waals surface area contributed by atoms with Crippen LogP contribution in [0.1, 0.15) is 148 Å². The zero-order valence-corrected chi connectivity index (χ0v) is 54.6. The van der Waals surface area contributed by atoms with Gasteiger partial charge in [0.2, 0.25) is 47.0 Å². The van der Waals surface area contributed by atoms with Crippen molar-refractivity contribution in [3.05, 3.63) is 98.8 Å². The van der Waals surface area contributed by atoms with Crippen LogP contribution in [0, 0.1) is 11.8 Å². The maximum Gasteiger partial charge on any atom is 0.411 e. The third-order valence-corrected chi connectivity index (χ3v) is 19.0. The molecule has 23 nitrogen and oxygen atoms in total. The molecule has 486 valence electrons. The van der Waals surface area contributed by atoms with Crippen LogP contribution in [0.3, 0.4) is 0 Å². The molecule has 5 atom stereocenters. The molecule has 2 aromatic carbocycles. The number of rotatable bonds is 30. The van der Waals surface area contributed by atoms with E-state index in [9.17, 15) is 47.9 Å². The van der Waals surface area contributed by atoms with Gasteiger partial charge in [0.25, 0.3) is 5.56 Å². The first-order valence-electron chi connectivity index (χ1n) is 31.2. The van der Waals surface area contributed by atoms with E-state index in [-0.39, 0.29) is 104 Å². The highest BCUT2D eigenvalue weighted by Gasteiger charge is 2.53. The number of nitrogens with zero attached hydrogens (tertiary/aromatic N) is 6. The van der Waals surface area contributed by atoms with Gasteiger partial charge in [-0.2, -0.15) is 11.8 Å². The average Bonchev–Trinajstić information content (AvgIpc) is 1.47. The summed E-state index contributed by atoms with van der Waals surface area (Å²) in [5.41, 5.74) is 0.998. The minimum Gasteiger partial charge on any atom is -0.457 e. The van der Waals surface area contributed by atoms with Gasteiger partial charge in [0.1, 0.15) is 18.2 Å². The number of carbonyl (C=O) groups excluding carboxylic acids is 9. The number of likely N-dealkylation sites (N-methyl/N-ethyl adjacent to an activating group) is 2. The SMILES string of the molecule is CCCC(SC(C)CC)(C(C)C)C1CC(=O)N(CCCCCC(=O)NCC(=O)NCC(=O)N[C@@H](Cc2ccccc2)C(=O)NCC(=O)N(C)CCN(C)C(=O)O[C@@]2(CC)C(=O)OCc3c2cc2n(c3=O)Cc3c-2nc2ccccc2c3/C=N/OC(C)(C)C)C1=O. The number of amides is 8. The van der Waals surface area contributed by atoms with Gasteiger partial charge in [-0.25, -0.2) is 14.6 Å². The topological polar surface area (TPSA) is 286 Å². The molecule has 90 heavy (non-hydrogen) atoms. The molecule has 0 spiro atoms. The number of thioether (sulfide) groups is 1. The highest BCUT2D eigenvalue weighted by Crippen LogP contribution is 2.50. The summed E-state index contributed by atoms with van der Waals surface area (Å²) in [4.78, 5) is 149. The Kier molecular flexibility index (Phi) is 23.6. The number of hydrogen-bond acceptors (Lipinski definition) is 16. The number of para-hydroxylation sites is 1. The van der Waals surface area contributed by atoms with Crippen LogP contribution in [-0.4, -0.2) is 159 Å². The van der Waals surface area contributed by atoms with E-state index < -0.39 is 78.1 Å². The van der Waals surface area contributed by atoms with Gasteiger partial charge in [0.05, 0.1) is 60.8 Å². The van der Waals surface area contributed by atoms with Crippen LogP contribution in [0.25, 0.3) is 22.3 Å². The van der Waals surface area contributed by atoms with E-state index in [1.54, 1.807) is 54.1 Å². The molecule has 7 rings (SSSR count). The zero-order chi connectivity index (χ0) is 65.7. The number of fused-ring (bicyclic) bond motifs is 5. The maximum absolute atomic E-state index is 14.4. The van der Waals surface area contributed by atoms with E-state index >= 15 is 0 Å². The highest BCUT2D eigenvalue weighted by atomic mass is 32.2. The summed E-state index contributed by atoms with van der Waals surface area (Å²) < 4.78 is 12.9. The number of carbonyl (C=O) groups is 9. The number of nitrogens with one attached hydrogen (secondary N) is 4. The fraction of sp³-hybridized carbons (Fsp3) is 0.545. The minimum atomic E-state index is -2.02. The van der Waals surface area contributed by atoms with Crippen LogP contribution >= 0.6 is 11.8 Å². The molecule has 24 heteroatoms. The smallest absolute Gasteiger partial charge is 0.411 e. The lowest BCUT2D eigenvalue weighted by Crippen LogP contribution is -2.52. The number of likely N-dealkylation sites (tertiary alicyclic amines) is 1. The Morgan fingerprint density at radius 1 is 0.856 bits per heavy atom. The standard InChI is InChI=1S/C66H88N10O13S/c1-12-28-66(41(4)5,90-42(6)13-2)49-34-56(80)75(61(49)84)29-22-16-19-27-53(77)67-36-54(78)68-37-55(79)71-51(32-43-23-17-15-18-24-43)59(82)69-38-57(81)73(10)30-31-74(11)63(86)88-65(14-3)48-33-52-58-46(39-76(52)60(83)47(48)40-87-62(65)85)45(35-70-89-64(7,8)9)44-25-20-21-26-50(44)72-58/h15,17-18,20-21,23-26,33,35,41-42,49,51H,12-14,16,19,22,27-32,34,36-40H2,1-11H3,(H,67,77)(H,68,78)(H,69,82)(H,71,79)/b70-35+/t42?,49?,51-,65+,66?/m0/s1. The van der Waals surface area contributed by atoms with E-state index in [1.165, 1.54) is 28.8 Å². The first kappa shape index (κ1) is 69.3. The van der Waals surface area contributed by atoms with Gasteiger partial charge in [-0.3, -0.25) is 43.3 Å². The Bertz CT molecular complexity index is 3420. The van der Waals surface area contributed by atoms with Crippen molar-refractivity contribution in [1.29, 1.82) is 0 Å². The van der Waals surface area contributed by atoms with Crippen molar-refractivity contribution >= 4 is 82.3 Å². The average molecular weight is 1260 g/mol. The van der Waals surface area contributed by atoms with Crippen LogP contribution in [0.2, 0.25) is 0 Å². The summed E-state index contributed by atoms with van der Waals surface area (Å²) >= 11 is 1.85. The van der Waals surface area contributed by atoms with Gasteiger partial charge < -0.3 is 49.9 Å². The monoisotopic (exact) mass is 1260 g/mol. The van der Waals surface area contributed by atoms with E-state index in [0.29, 0.717) is 58.1 Å². The van der Waals surface area contributed by atoms with Crippen LogP contribution < -0.4 is 26.8 Å². The van der Waals surface area contributed by atoms with Crippen LogP contribution in [0.4, 0.5) is 4.79 Å². The molecule has 5 heterocycles. The molecule has 0 radical (unpaired) electrons. The van der Waals surface area contributed by atoms with Gasteiger partial charge in [-0.15, -0.1) is 0 Å². The van der Waals surface area contributed by atoms with Crippen molar-refractivity contribution in [2.45, 2.75) is 167 Å². The Balaban J connectivity index is 0.871. The summed E-state index contributed by atoms with van der Waals surface area (Å²) in [7, 11) is 2.90. The summed E-state index contributed by atoms with van der Waals surface area (Å²) in [5, 5.41) is 15.6. The first-order chi connectivity index (χ1) is 42.8. The number of aromatic nitrogens is 2. The third kappa shape index (κ3) is 16.4. The molecular formula is C66H88N10O13S. The third-order valence-electron chi connectivity index (χ3n) is 16.9. The van der Waals surface area contributed by atoms with E-state index in [1.807, 2.05) is 56.8 Å². The second-order valence-corrected chi connectivity index (χ2v) is 26.5. The van der Waals surface area contributed by atoms with Gasteiger partial charge in [0.15, 0.2) is 0 Å². The minimum absolute atomic E-state index is 0.0368. The number of ether oxygens (including phenoxy) is 2. The molecular weight excluding hydrogens is 1170 g/mol.